The molecule has 0 saturated carbocycles. The van der Waals surface area contributed by atoms with Crippen LogP contribution in [0.2, 0.25) is 0 Å². The number of benzene rings is 1. The molecular weight excluding hydrogens is 336 g/mol. The lowest BCUT2D eigenvalue weighted by atomic mass is 9.99. The van der Waals surface area contributed by atoms with Gasteiger partial charge in [-0.25, -0.2) is 4.79 Å². The highest BCUT2D eigenvalue weighted by Gasteiger charge is 2.34. The van der Waals surface area contributed by atoms with Crippen LogP contribution >= 0.6 is 0 Å². The Labute approximate surface area is 151 Å². The first-order valence-corrected chi connectivity index (χ1v) is 8.65. The van der Waals surface area contributed by atoms with Gasteiger partial charge in [-0.1, -0.05) is 29.4 Å². The minimum atomic E-state index is -0.951. The molecule has 0 spiro atoms. The van der Waals surface area contributed by atoms with Crippen LogP contribution in [0.25, 0.3) is 0 Å². The maximum atomic E-state index is 12.5. The van der Waals surface area contributed by atoms with E-state index in [1.807, 2.05) is 12.1 Å². The molecule has 138 valence electrons. The molecule has 8 nitrogen and oxygen atoms in total. The Morgan fingerprint density at radius 1 is 1.31 bits per heavy atom. The van der Waals surface area contributed by atoms with E-state index < -0.39 is 12.0 Å². The van der Waals surface area contributed by atoms with Crippen LogP contribution in [0.4, 0.5) is 0 Å². The Kier molecular flexibility index (Phi) is 5.20. The summed E-state index contributed by atoms with van der Waals surface area (Å²) in [6.45, 7) is 0.475. The molecule has 2 aliphatic rings. The number of hydrogen-bond acceptors (Lipinski definition) is 5. The van der Waals surface area contributed by atoms with Gasteiger partial charge >= 0.3 is 5.97 Å². The van der Waals surface area contributed by atoms with Gasteiger partial charge in [0.2, 0.25) is 5.91 Å². The molecule has 2 aliphatic heterocycles. The molecule has 2 atom stereocenters. The van der Waals surface area contributed by atoms with E-state index in [1.54, 1.807) is 12.1 Å². The van der Waals surface area contributed by atoms with E-state index in [0.717, 1.165) is 24.1 Å². The molecule has 0 radical (unpaired) electrons. The average molecular weight is 358 g/mol. The van der Waals surface area contributed by atoms with Crippen molar-refractivity contribution in [1.29, 1.82) is 5.41 Å². The number of rotatable bonds is 5. The fourth-order valence-electron chi connectivity index (χ4n) is 3.35. The van der Waals surface area contributed by atoms with Crippen molar-refractivity contribution in [2.45, 2.75) is 44.2 Å². The number of nitrogens with two attached hydrogens (primary N) is 1. The number of nitrogens with one attached hydrogen (secondary N) is 1. The number of piperidine rings is 1. The highest BCUT2D eigenvalue weighted by Crippen LogP contribution is 2.23. The normalized spacial score (nSPS) is 22.5. The van der Waals surface area contributed by atoms with Gasteiger partial charge in [0, 0.05) is 18.5 Å². The maximum absolute atomic E-state index is 12.5. The highest BCUT2D eigenvalue weighted by molar-refractivity contribution is 6.03. The van der Waals surface area contributed by atoms with Crippen molar-refractivity contribution in [2.24, 2.45) is 10.9 Å². The number of hydrogen-bond donors (Lipinski definition) is 3. The van der Waals surface area contributed by atoms with Gasteiger partial charge in [-0.3, -0.25) is 10.2 Å². The van der Waals surface area contributed by atoms with E-state index in [-0.39, 0.29) is 24.3 Å². The molecule has 2 heterocycles. The summed E-state index contributed by atoms with van der Waals surface area (Å²) in [7, 11) is 0. The number of likely N-dealkylation sites (tertiary alicyclic amines) is 1. The minimum Gasteiger partial charge on any atom is -0.480 e. The van der Waals surface area contributed by atoms with Crippen LogP contribution in [-0.2, 0) is 14.4 Å². The molecule has 26 heavy (non-hydrogen) atoms. The van der Waals surface area contributed by atoms with Crippen molar-refractivity contribution < 1.29 is 19.5 Å². The van der Waals surface area contributed by atoms with Crippen molar-refractivity contribution in [3.63, 3.8) is 0 Å². The third-order valence-corrected chi connectivity index (χ3v) is 4.77. The first kappa shape index (κ1) is 17.9. The summed E-state index contributed by atoms with van der Waals surface area (Å²) in [5.41, 5.74) is 7.65. The SMILES string of the molecule is N=C(N)c1ccc(C2=NOC(CC(=O)N3CCCC[C@H]3C(=O)O)C2)cc1. The van der Waals surface area contributed by atoms with E-state index in [1.165, 1.54) is 4.90 Å². The molecule has 1 aromatic carbocycles. The zero-order chi connectivity index (χ0) is 18.7. The number of nitrogen functional groups attached to an aromatic ring is 1. The molecule has 8 heteroatoms. The number of oxime groups is 1. The molecule has 0 aliphatic carbocycles. The van der Waals surface area contributed by atoms with Gasteiger partial charge in [0.05, 0.1) is 12.1 Å². The molecule has 3 rings (SSSR count). The number of amidine groups is 1. The van der Waals surface area contributed by atoms with Crippen LogP contribution in [0.3, 0.4) is 0 Å². The molecular formula is C18H22N4O4. The van der Waals surface area contributed by atoms with Gasteiger partial charge in [0.1, 0.15) is 18.0 Å². The van der Waals surface area contributed by atoms with Crippen LogP contribution < -0.4 is 5.73 Å². The fraction of sp³-hybridized carbons (Fsp3) is 0.444. The summed E-state index contributed by atoms with van der Waals surface area (Å²) in [5.74, 6) is -1.16. The van der Waals surface area contributed by atoms with E-state index in [0.29, 0.717) is 24.9 Å². The molecule has 0 bridgehead atoms. The molecule has 4 N–H and O–H groups in total. The molecule has 1 amide bonds. The maximum Gasteiger partial charge on any atom is 0.326 e. The molecule has 1 saturated heterocycles. The van der Waals surface area contributed by atoms with Gasteiger partial charge in [-0.15, -0.1) is 0 Å². The number of carboxylic acid groups (broad SMARTS) is 1. The molecule has 1 fully saturated rings. The van der Waals surface area contributed by atoms with Crippen molar-refractivity contribution in [3.05, 3.63) is 35.4 Å². The predicted molar refractivity (Wildman–Crippen MR) is 95.1 cm³/mol. The van der Waals surface area contributed by atoms with Crippen LogP contribution in [0.5, 0.6) is 0 Å². The summed E-state index contributed by atoms with van der Waals surface area (Å²) in [4.78, 5) is 30.7. The van der Waals surface area contributed by atoms with Crippen LogP contribution in [0, 0.1) is 5.41 Å². The lowest BCUT2D eigenvalue weighted by Crippen LogP contribution is -2.48. The van der Waals surface area contributed by atoms with Crippen LogP contribution in [-0.4, -0.2) is 52.1 Å². The van der Waals surface area contributed by atoms with E-state index in [2.05, 4.69) is 5.16 Å². The van der Waals surface area contributed by atoms with E-state index >= 15 is 0 Å². The first-order valence-electron chi connectivity index (χ1n) is 8.65. The van der Waals surface area contributed by atoms with Crippen LogP contribution in [0.1, 0.15) is 43.2 Å². The van der Waals surface area contributed by atoms with Gasteiger partial charge in [-0.05, 0) is 24.8 Å². The second-order valence-electron chi connectivity index (χ2n) is 6.60. The summed E-state index contributed by atoms with van der Waals surface area (Å²) >= 11 is 0. The Hall–Kier alpha value is -2.90. The van der Waals surface area contributed by atoms with Crippen molar-refractivity contribution in [1.82, 2.24) is 4.90 Å². The number of carboxylic acids is 1. The largest absolute Gasteiger partial charge is 0.480 e. The highest BCUT2D eigenvalue weighted by atomic mass is 16.6. The Morgan fingerprint density at radius 2 is 2.04 bits per heavy atom. The van der Waals surface area contributed by atoms with E-state index in [4.69, 9.17) is 16.0 Å². The minimum absolute atomic E-state index is 0.000787. The van der Waals surface area contributed by atoms with Crippen molar-refractivity contribution in [3.8, 4) is 0 Å². The second-order valence-corrected chi connectivity index (χ2v) is 6.60. The molecule has 0 aromatic heterocycles. The summed E-state index contributed by atoms with van der Waals surface area (Å²) < 4.78 is 0. The number of carbonyl (C=O) groups is 2. The van der Waals surface area contributed by atoms with Gasteiger partial charge in [-0.2, -0.15) is 0 Å². The summed E-state index contributed by atoms with van der Waals surface area (Å²) in [5, 5.41) is 20.8. The monoisotopic (exact) mass is 358 g/mol. The lowest BCUT2D eigenvalue weighted by molar-refractivity contribution is -0.153. The van der Waals surface area contributed by atoms with Gasteiger partial charge in [0.15, 0.2) is 0 Å². The molecule has 1 unspecified atom stereocenters. The number of aliphatic carboxylic acids is 1. The Bertz CT molecular complexity index is 744. The van der Waals surface area contributed by atoms with Crippen molar-refractivity contribution >= 4 is 23.4 Å². The topological polar surface area (TPSA) is 129 Å². The zero-order valence-electron chi connectivity index (χ0n) is 14.4. The standard InChI is InChI=1S/C18H22N4O4/c19-17(20)12-6-4-11(5-7-12)14-9-13(26-21-14)10-16(23)22-8-2-1-3-15(22)18(24)25/h4-7,13,15H,1-3,8-10H2,(H3,19,20)(H,24,25)/t13?,15-/m0/s1. The van der Waals surface area contributed by atoms with E-state index in [9.17, 15) is 14.7 Å². The van der Waals surface area contributed by atoms with Crippen LogP contribution in [0.15, 0.2) is 29.4 Å². The number of nitrogens with zero attached hydrogens (tertiary/aromatic N) is 2. The van der Waals surface area contributed by atoms with Crippen molar-refractivity contribution in [2.75, 3.05) is 6.54 Å². The third-order valence-electron chi connectivity index (χ3n) is 4.77. The second kappa shape index (κ2) is 7.55. The summed E-state index contributed by atoms with van der Waals surface area (Å²) in [6.07, 6.45) is 2.35. The first-order chi connectivity index (χ1) is 12.5. The zero-order valence-corrected chi connectivity index (χ0v) is 14.4. The summed E-state index contributed by atoms with van der Waals surface area (Å²) in [6, 6.07) is 6.37. The average Bonchev–Trinajstić information content (AvgIpc) is 3.10. The third kappa shape index (κ3) is 3.84. The number of amides is 1. The lowest BCUT2D eigenvalue weighted by Gasteiger charge is -2.33. The Morgan fingerprint density at radius 3 is 2.69 bits per heavy atom. The van der Waals surface area contributed by atoms with Gasteiger partial charge < -0.3 is 20.6 Å². The van der Waals surface area contributed by atoms with Gasteiger partial charge in [0.25, 0.3) is 0 Å². The fourth-order valence-corrected chi connectivity index (χ4v) is 3.35. The number of carbonyl (C=O) groups excluding carboxylic acids is 1. The smallest absolute Gasteiger partial charge is 0.326 e. The Balaban J connectivity index is 1.58. The quantitative estimate of drug-likeness (QED) is 0.540. The predicted octanol–water partition coefficient (Wildman–Crippen LogP) is 1.32. The molecule has 1 aromatic rings.